The first-order chi connectivity index (χ1) is 13.1. The van der Waals surface area contributed by atoms with Crippen molar-refractivity contribution in [2.45, 2.75) is 12.3 Å². The average Bonchev–Trinajstić information content (AvgIpc) is 3.35. The van der Waals surface area contributed by atoms with E-state index in [-0.39, 0.29) is 23.6 Å². The second-order valence-corrected chi connectivity index (χ2v) is 7.86. The lowest BCUT2D eigenvalue weighted by atomic mass is 9.90. The molecule has 140 valence electrons. The van der Waals surface area contributed by atoms with Gasteiger partial charge in [-0.25, -0.2) is 9.37 Å². The molecule has 2 atom stereocenters. The van der Waals surface area contributed by atoms with Gasteiger partial charge >= 0.3 is 0 Å². The van der Waals surface area contributed by atoms with Gasteiger partial charge in [-0.2, -0.15) is 5.10 Å². The SMILES string of the molecule is Cn1cc([C@H]2CNC[C@@H]2C(=O)Nc2ncc(Cc3cccc(F)c3)s2)cn1. The van der Waals surface area contributed by atoms with Crippen LogP contribution < -0.4 is 10.6 Å². The van der Waals surface area contributed by atoms with Crippen LogP contribution in [0, 0.1) is 11.7 Å². The van der Waals surface area contributed by atoms with Gasteiger partial charge in [-0.05, 0) is 23.3 Å². The van der Waals surface area contributed by atoms with Gasteiger partial charge in [0.2, 0.25) is 5.91 Å². The van der Waals surface area contributed by atoms with E-state index in [1.54, 1.807) is 16.9 Å². The first-order valence-electron chi connectivity index (χ1n) is 8.78. The summed E-state index contributed by atoms with van der Waals surface area (Å²) in [7, 11) is 1.87. The molecule has 1 saturated heterocycles. The summed E-state index contributed by atoms with van der Waals surface area (Å²) in [6.07, 6.45) is 6.10. The van der Waals surface area contributed by atoms with Crippen molar-refractivity contribution in [3.63, 3.8) is 0 Å². The zero-order chi connectivity index (χ0) is 18.8. The molecule has 1 aliphatic rings. The van der Waals surface area contributed by atoms with Crippen LogP contribution in [-0.4, -0.2) is 33.8 Å². The lowest BCUT2D eigenvalue weighted by Gasteiger charge is -2.15. The number of aryl methyl sites for hydroxylation is 1. The fraction of sp³-hybridized carbons (Fsp3) is 0.316. The molecule has 0 spiro atoms. The predicted octanol–water partition coefficient (Wildman–Crippen LogP) is 2.55. The second-order valence-electron chi connectivity index (χ2n) is 6.75. The maximum atomic E-state index is 13.3. The van der Waals surface area contributed by atoms with Crippen LogP contribution in [0.1, 0.15) is 21.9 Å². The Morgan fingerprint density at radius 2 is 2.30 bits per heavy atom. The van der Waals surface area contributed by atoms with Crippen molar-refractivity contribution in [1.82, 2.24) is 20.1 Å². The predicted molar refractivity (Wildman–Crippen MR) is 102 cm³/mol. The zero-order valence-electron chi connectivity index (χ0n) is 14.9. The van der Waals surface area contributed by atoms with E-state index in [0.717, 1.165) is 22.5 Å². The van der Waals surface area contributed by atoms with E-state index in [9.17, 15) is 9.18 Å². The number of amides is 1. The molecular formula is C19H20FN5OS. The molecule has 3 aromatic rings. The molecule has 4 rings (SSSR count). The second kappa shape index (κ2) is 7.58. The molecule has 0 saturated carbocycles. The van der Waals surface area contributed by atoms with Gasteiger partial charge in [-0.15, -0.1) is 11.3 Å². The quantitative estimate of drug-likeness (QED) is 0.708. The minimum atomic E-state index is -0.249. The largest absolute Gasteiger partial charge is 0.315 e. The number of benzene rings is 1. The number of anilines is 1. The number of aromatic nitrogens is 3. The summed E-state index contributed by atoms with van der Waals surface area (Å²) in [4.78, 5) is 18.0. The number of thiazole rings is 1. The van der Waals surface area contributed by atoms with Crippen molar-refractivity contribution in [2.75, 3.05) is 18.4 Å². The molecule has 6 nitrogen and oxygen atoms in total. The van der Waals surface area contributed by atoms with E-state index in [0.29, 0.717) is 18.1 Å². The molecule has 2 aromatic heterocycles. The number of nitrogens with one attached hydrogen (secondary N) is 2. The van der Waals surface area contributed by atoms with Crippen molar-refractivity contribution in [2.24, 2.45) is 13.0 Å². The Morgan fingerprint density at radius 3 is 3.07 bits per heavy atom. The van der Waals surface area contributed by atoms with Crippen molar-refractivity contribution < 1.29 is 9.18 Å². The van der Waals surface area contributed by atoms with Crippen molar-refractivity contribution in [1.29, 1.82) is 0 Å². The summed E-state index contributed by atoms with van der Waals surface area (Å²) in [5, 5.41) is 11.0. The Bertz CT molecular complexity index is 953. The van der Waals surface area contributed by atoms with Crippen LogP contribution in [-0.2, 0) is 18.3 Å². The van der Waals surface area contributed by atoms with E-state index in [1.807, 2.05) is 25.5 Å². The molecule has 0 aliphatic carbocycles. The third-order valence-electron chi connectivity index (χ3n) is 4.76. The molecule has 1 aromatic carbocycles. The Hall–Kier alpha value is -2.58. The minimum absolute atomic E-state index is 0.0412. The number of hydrogen-bond acceptors (Lipinski definition) is 5. The first-order valence-corrected chi connectivity index (χ1v) is 9.59. The Morgan fingerprint density at radius 1 is 1.41 bits per heavy atom. The van der Waals surface area contributed by atoms with Crippen molar-refractivity contribution >= 4 is 22.4 Å². The Labute approximate surface area is 160 Å². The molecule has 0 bridgehead atoms. The van der Waals surface area contributed by atoms with Gasteiger partial charge in [0.1, 0.15) is 5.82 Å². The molecule has 2 N–H and O–H groups in total. The Kier molecular flexibility index (Phi) is 5.00. The highest BCUT2D eigenvalue weighted by molar-refractivity contribution is 7.15. The average molecular weight is 385 g/mol. The number of halogens is 1. The maximum Gasteiger partial charge on any atom is 0.231 e. The van der Waals surface area contributed by atoms with Gasteiger partial charge in [-0.1, -0.05) is 12.1 Å². The monoisotopic (exact) mass is 385 g/mol. The van der Waals surface area contributed by atoms with Crippen LogP contribution in [0.5, 0.6) is 0 Å². The van der Waals surface area contributed by atoms with Crippen molar-refractivity contribution in [3.8, 4) is 0 Å². The standard InChI is InChI=1S/C19H20FN5OS/c1-25-11-13(7-23-25)16-9-21-10-17(16)18(26)24-19-22-8-15(27-19)6-12-3-2-4-14(20)5-12/h2-5,7-8,11,16-17,21H,6,9-10H2,1H3,(H,22,24,26)/t16-,17+/m1/s1. The third-order valence-corrected chi connectivity index (χ3v) is 5.67. The lowest BCUT2D eigenvalue weighted by Crippen LogP contribution is -2.27. The van der Waals surface area contributed by atoms with E-state index in [1.165, 1.54) is 23.5 Å². The van der Waals surface area contributed by atoms with Crippen LogP contribution >= 0.6 is 11.3 Å². The van der Waals surface area contributed by atoms with E-state index >= 15 is 0 Å². The van der Waals surface area contributed by atoms with Crippen LogP contribution in [0.4, 0.5) is 9.52 Å². The fourth-order valence-corrected chi connectivity index (χ4v) is 4.28. The third kappa shape index (κ3) is 4.06. The summed E-state index contributed by atoms with van der Waals surface area (Å²) in [6.45, 7) is 1.39. The number of carbonyl (C=O) groups excluding carboxylic acids is 1. The molecule has 27 heavy (non-hydrogen) atoms. The van der Waals surface area contributed by atoms with Gasteiger partial charge in [0.15, 0.2) is 5.13 Å². The maximum absolute atomic E-state index is 13.3. The van der Waals surface area contributed by atoms with E-state index in [2.05, 4.69) is 20.7 Å². The van der Waals surface area contributed by atoms with Gasteiger partial charge in [0, 0.05) is 49.7 Å². The number of rotatable bonds is 5. The molecule has 0 radical (unpaired) electrons. The van der Waals surface area contributed by atoms with Gasteiger partial charge in [0.25, 0.3) is 0 Å². The van der Waals surface area contributed by atoms with E-state index < -0.39 is 0 Å². The van der Waals surface area contributed by atoms with Crippen molar-refractivity contribution in [3.05, 3.63) is 64.7 Å². The topological polar surface area (TPSA) is 71.8 Å². The van der Waals surface area contributed by atoms with E-state index in [4.69, 9.17) is 0 Å². The Balaban J connectivity index is 1.41. The van der Waals surface area contributed by atoms with Gasteiger partial charge in [-0.3, -0.25) is 9.48 Å². The smallest absolute Gasteiger partial charge is 0.231 e. The summed E-state index contributed by atoms with van der Waals surface area (Å²) in [5.74, 6) is -0.351. The van der Waals surface area contributed by atoms with Crippen LogP contribution in [0.15, 0.2) is 42.9 Å². The van der Waals surface area contributed by atoms with Crippen LogP contribution in [0.3, 0.4) is 0 Å². The fourth-order valence-electron chi connectivity index (χ4n) is 3.43. The molecule has 0 unspecified atom stereocenters. The summed E-state index contributed by atoms with van der Waals surface area (Å²) in [5.41, 5.74) is 1.95. The molecule has 1 fully saturated rings. The van der Waals surface area contributed by atoms with Crippen LogP contribution in [0.2, 0.25) is 0 Å². The van der Waals surface area contributed by atoms with Gasteiger partial charge < -0.3 is 10.6 Å². The number of carbonyl (C=O) groups is 1. The summed E-state index contributed by atoms with van der Waals surface area (Å²) < 4.78 is 15.1. The highest BCUT2D eigenvalue weighted by Crippen LogP contribution is 2.29. The zero-order valence-corrected chi connectivity index (χ0v) is 15.7. The molecule has 1 aliphatic heterocycles. The number of hydrogen-bond donors (Lipinski definition) is 2. The number of nitrogens with zero attached hydrogens (tertiary/aromatic N) is 3. The molecule has 8 heteroatoms. The highest BCUT2D eigenvalue weighted by atomic mass is 32.1. The minimum Gasteiger partial charge on any atom is -0.315 e. The normalized spacial score (nSPS) is 19.3. The first kappa shape index (κ1) is 17.8. The highest BCUT2D eigenvalue weighted by Gasteiger charge is 2.35. The molecular weight excluding hydrogens is 365 g/mol. The van der Waals surface area contributed by atoms with Crippen LogP contribution in [0.25, 0.3) is 0 Å². The van der Waals surface area contributed by atoms with Gasteiger partial charge in [0.05, 0.1) is 12.1 Å². The lowest BCUT2D eigenvalue weighted by molar-refractivity contribution is -0.119. The summed E-state index contributed by atoms with van der Waals surface area (Å²) in [6, 6.07) is 6.51. The summed E-state index contributed by atoms with van der Waals surface area (Å²) >= 11 is 1.42. The molecule has 1 amide bonds. The molecule has 3 heterocycles.